The van der Waals surface area contributed by atoms with Gasteiger partial charge < -0.3 is 5.11 Å². The zero-order valence-corrected chi connectivity index (χ0v) is 19.8. The van der Waals surface area contributed by atoms with Crippen LogP contribution in [0, 0.1) is 5.92 Å². The van der Waals surface area contributed by atoms with Crippen molar-refractivity contribution in [3.05, 3.63) is 96.6 Å². The summed E-state index contributed by atoms with van der Waals surface area (Å²) >= 11 is 0. The standard InChI is InChI=1S/C27H32O4P/c1-21(2)19-24(28)20-22(3)30-32(25-15-9-5-10-16-25,26-17-11-6-12-18-26)31-27(29)23-13-7-4-8-14-23/h4-18,21-22,24,28H,19-20H2,1-3H3/q+1. The molecule has 3 aromatic carbocycles. The lowest BCUT2D eigenvalue weighted by atomic mass is 10.0. The third-order valence-corrected chi connectivity index (χ3v) is 8.12. The Morgan fingerprint density at radius 3 is 1.72 bits per heavy atom. The molecule has 0 aliphatic carbocycles. The molecule has 0 spiro atoms. The summed E-state index contributed by atoms with van der Waals surface area (Å²) in [5, 5.41) is 12.2. The van der Waals surface area contributed by atoms with E-state index in [-0.39, 0.29) is 6.10 Å². The average molecular weight is 452 g/mol. The molecule has 3 rings (SSSR count). The highest BCUT2D eigenvalue weighted by atomic mass is 31.2. The highest BCUT2D eigenvalue weighted by Gasteiger charge is 2.53. The number of aliphatic hydroxyl groups is 1. The molecule has 0 saturated carbocycles. The van der Waals surface area contributed by atoms with Crippen LogP contribution < -0.4 is 10.6 Å². The predicted molar refractivity (Wildman–Crippen MR) is 132 cm³/mol. The fourth-order valence-corrected chi connectivity index (χ4v) is 6.57. The van der Waals surface area contributed by atoms with Crippen LogP contribution in [0.5, 0.6) is 0 Å². The van der Waals surface area contributed by atoms with E-state index >= 15 is 0 Å². The lowest BCUT2D eigenvalue weighted by molar-refractivity contribution is 0.0656. The first kappa shape index (κ1) is 24.1. The zero-order valence-electron chi connectivity index (χ0n) is 18.9. The summed E-state index contributed by atoms with van der Waals surface area (Å²) in [5.41, 5.74) is 0.472. The number of carbonyl (C=O) groups excluding carboxylic acids is 1. The number of aliphatic hydroxyl groups excluding tert-OH is 1. The van der Waals surface area contributed by atoms with E-state index in [0.717, 1.165) is 10.6 Å². The molecule has 3 aromatic rings. The number of benzene rings is 3. The van der Waals surface area contributed by atoms with Gasteiger partial charge >= 0.3 is 13.7 Å². The average Bonchev–Trinajstić information content (AvgIpc) is 2.79. The summed E-state index contributed by atoms with van der Waals surface area (Å²) in [5.74, 6) is -0.0440. The molecule has 0 aliphatic heterocycles. The van der Waals surface area contributed by atoms with Crippen molar-refractivity contribution in [3.8, 4) is 0 Å². The Morgan fingerprint density at radius 1 is 0.781 bits per heavy atom. The van der Waals surface area contributed by atoms with Crippen LogP contribution in [0.2, 0.25) is 0 Å². The summed E-state index contributed by atoms with van der Waals surface area (Å²) in [4.78, 5) is 13.2. The molecule has 0 heterocycles. The van der Waals surface area contributed by atoms with Crippen LogP contribution >= 0.6 is 7.72 Å². The van der Waals surface area contributed by atoms with E-state index in [4.69, 9.17) is 9.05 Å². The van der Waals surface area contributed by atoms with Gasteiger partial charge in [-0.15, -0.1) is 0 Å². The smallest absolute Gasteiger partial charge is 0.391 e. The van der Waals surface area contributed by atoms with Gasteiger partial charge in [0.05, 0.1) is 11.7 Å². The quantitative estimate of drug-likeness (QED) is 0.411. The summed E-state index contributed by atoms with van der Waals surface area (Å²) in [7, 11) is -3.03. The molecule has 4 nitrogen and oxygen atoms in total. The van der Waals surface area contributed by atoms with Crippen molar-refractivity contribution >= 4 is 24.3 Å². The van der Waals surface area contributed by atoms with Crippen LogP contribution in [-0.4, -0.2) is 23.3 Å². The Bertz CT molecular complexity index is 921. The van der Waals surface area contributed by atoms with Gasteiger partial charge in [-0.3, -0.25) is 4.52 Å². The van der Waals surface area contributed by atoms with Gasteiger partial charge in [0.2, 0.25) is 0 Å². The maximum absolute atomic E-state index is 13.2. The van der Waals surface area contributed by atoms with E-state index < -0.39 is 19.8 Å². The molecular weight excluding hydrogens is 419 g/mol. The number of hydrogen-bond acceptors (Lipinski definition) is 4. The van der Waals surface area contributed by atoms with Crippen molar-refractivity contribution in [2.24, 2.45) is 5.92 Å². The molecule has 2 unspecified atom stereocenters. The topological polar surface area (TPSA) is 55.8 Å². The van der Waals surface area contributed by atoms with Crippen LogP contribution in [0.15, 0.2) is 91.0 Å². The van der Waals surface area contributed by atoms with E-state index in [2.05, 4.69) is 13.8 Å². The third kappa shape index (κ3) is 6.26. The van der Waals surface area contributed by atoms with Crippen LogP contribution in [0.3, 0.4) is 0 Å². The maximum Gasteiger partial charge on any atom is 0.391 e. The first-order valence-corrected chi connectivity index (χ1v) is 12.7. The Kier molecular flexibility index (Phi) is 8.58. The zero-order chi connectivity index (χ0) is 23.0. The molecule has 0 amide bonds. The lowest BCUT2D eigenvalue weighted by Crippen LogP contribution is -2.32. The highest BCUT2D eigenvalue weighted by Crippen LogP contribution is 2.60. The van der Waals surface area contributed by atoms with Crippen LogP contribution in [0.4, 0.5) is 0 Å². The molecule has 0 aliphatic rings. The molecule has 1 N–H and O–H groups in total. The molecule has 0 radical (unpaired) electrons. The van der Waals surface area contributed by atoms with Gasteiger partial charge in [-0.1, -0.05) is 68.4 Å². The maximum atomic E-state index is 13.2. The van der Waals surface area contributed by atoms with Gasteiger partial charge in [-0.05, 0) is 55.7 Å². The largest absolute Gasteiger partial charge is 0.393 e. The van der Waals surface area contributed by atoms with E-state index in [1.54, 1.807) is 12.1 Å². The van der Waals surface area contributed by atoms with Gasteiger partial charge in [0.15, 0.2) is 10.6 Å². The fraction of sp³-hybridized carbons (Fsp3) is 0.296. The van der Waals surface area contributed by atoms with Crippen LogP contribution in [0.1, 0.15) is 44.0 Å². The van der Waals surface area contributed by atoms with Crippen molar-refractivity contribution in [1.82, 2.24) is 0 Å². The van der Waals surface area contributed by atoms with Crippen molar-refractivity contribution < 1.29 is 18.9 Å². The van der Waals surface area contributed by atoms with Gasteiger partial charge in [-0.2, -0.15) is 4.52 Å². The number of carbonyl (C=O) groups is 1. The Morgan fingerprint density at radius 2 is 1.25 bits per heavy atom. The van der Waals surface area contributed by atoms with E-state index in [9.17, 15) is 9.90 Å². The van der Waals surface area contributed by atoms with E-state index in [1.807, 2.05) is 85.8 Å². The Hall–Kier alpha value is -2.52. The number of hydrogen-bond donors (Lipinski definition) is 1. The van der Waals surface area contributed by atoms with Gasteiger partial charge in [0, 0.05) is 6.42 Å². The van der Waals surface area contributed by atoms with Crippen molar-refractivity contribution in [2.45, 2.75) is 45.8 Å². The summed E-state index contributed by atoms with van der Waals surface area (Å²) in [6.07, 6.45) is 0.353. The van der Waals surface area contributed by atoms with E-state index in [1.165, 1.54) is 0 Å². The summed E-state index contributed by atoms with van der Waals surface area (Å²) in [6.45, 7) is 6.10. The lowest BCUT2D eigenvalue weighted by Gasteiger charge is -2.27. The second-order valence-electron chi connectivity index (χ2n) is 8.40. The van der Waals surface area contributed by atoms with E-state index in [0.29, 0.717) is 24.3 Å². The Labute approximate surface area is 191 Å². The highest BCUT2D eigenvalue weighted by molar-refractivity contribution is 7.81. The third-order valence-electron chi connectivity index (χ3n) is 5.09. The molecule has 0 aromatic heterocycles. The summed E-state index contributed by atoms with van der Waals surface area (Å²) < 4.78 is 13.0. The van der Waals surface area contributed by atoms with Crippen LogP contribution in [-0.2, 0) is 9.05 Å². The molecule has 0 fully saturated rings. The molecule has 32 heavy (non-hydrogen) atoms. The van der Waals surface area contributed by atoms with Crippen molar-refractivity contribution in [1.29, 1.82) is 0 Å². The van der Waals surface area contributed by atoms with Crippen LogP contribution in [0.25, 0.3) is 0 Å². The molecule has 0 saturated heterocycles. The first-order chi connectivity index (χ1) is 15.4. The van der Waals surface area contributed by atoms with Gasteiger partial charge in [0.25, 0.3) is 0 Å². The normalized spacial score (nSPS) is 13.5. The predicted octanol–water partition coefficient (Wildman–Crippen LogP) is 5.54. The number of rotatable bonds is 10. The van der Waals surface area contributed by atoms with Gasteiger partial charge in [-0.25, -0.2) is 4.79 Å². The summed E-state index contributed by atoms with van der Waals surface area (Å²) in [6, 6.07) is 28.3. The fourth-order valence-electron chi connectivity index (χ4n) is 3.71. The molecule has 5 heteroatoms. The minimum absolute atomic E-state index is 0.318. The molecule has 0 bridgehead atoms. The molecule has 2 atom stereocenters. The molecular formula is C27H32O4P+. The Balaban J connectivity index is 2.02. The SMILES string of the molecule is CC(C)CC(O)CC(C)O[P+](OC(=O)c1ccccc1)(c1ccccc1)c1ccccc1. The second-order valence-corrected chi connectivity index (χ2v) is 10.9. The monoisotopic (exact) mass is 451 g/mol. The van der Waals surface area contributed by atoms with Gasteiger partial charge in [0.1, 0.15) is 6.10 Å². The van der Waals surface area contributed by atoms with Crippen molar-refractivity contribution in [3.63, 3.8) is 0 Å². The molecule has 168 valence electrons. The minimum atomic E-state index is -3.03. The first-order valence-electron chi connectivity index (χ1n) is 11.1. The van der Waals surface area contributed by atoms with Crippen molar-refractivity contribution in [2.75, 3.05) is 0 Å². The second kappa shape index (κ2) is 11.4. The minimum Gasteiger partial charge on any atom is -0.393 e.